The number of aliphatic hydroxyl groups excluding tert-OH is 1. The molecule has 0 amide bonds. The molecular formula is C14H20N2O4S. The van der Waals surface area contributed by atoms with Gasteiger partial charge < -0.3 is 15.6 Å². The lowest BCUT2D eigenvalue weighted by Gasteiger charge is -2.46. The van der Waals surface area contributed by atoms with E-state index in [9.17, 15) is 13.5 Å². The van der Waals surface area contributed by atoms with Crippen molar-refractivity contribution >= 4 is 10.0 Å². The summed E-state index contributed by atoms with van der Waals surface area (Å²) in [5, 5.41) is 9.85. The summed E-state index contributed by atoms with van der Waals surface area (Å²) < 4.78 is 32.7. The van der Waals surface area contributed by atoms with E-state index in [1.54, 1.807) is 24.3 Å². The molecule has 6 nitrogen and oxygen atoms in total. The highest BCUT2D eigenvalue weighted by Crippen LogP contribution is 2.33. The molecule has 116 valence electrons. The van der Waals surface area contributed by atoms with Crippen LogP contribution in [0.25, 0.3) is 0 Å². The van der Waals surface area contributed by atoms with E-state index in [1.165, 1.54) is 4.31 Å². The van der Waals surface area contributed by atoms with Crippen LogP contribution in [0, 0.1) is 0 Å². The third-order valence-corrected chi connectivity index (χ3v) is 6.18. The van der Waals surface area contributed by atoms with E-state index in [-0.39, 0.29) is 17.0 Å². The Hall–Kier alpha value is -0.990. The number of ether oxygens (including phenoxy) is 1. The highest BCUT2D eigenvalue weighted by atomic mass is 32.2. The molecule has 2 saturated heterocycles. The van der Waals surface area contributed by atoms with E-state index in [4.69, 9.17) is 10.5 Å². The Balaban J connectivity index is 1.93. The Morgan fingerprint density at radius 2 is 1.76 bits per heavy atom. The minimum atomic E-state index is -3.57. The monoisotopic (exact) mass is 312 g/mol. The van der Waals surface area contributed by atoms with E-state index in [0.29, 0.717) is 32.6 Å². The Morgan fingerprint density at radius 1 is 1.19 bits per heavy atom. The summed E-state index contributed by atoms with van der Waals surface area (Å²) in [5.74, 6) is 0. The normalized spacial score (nSPS) is 30.3. The molecule has 0 aromatic heterocycles. The number of piperidine rings is 1. The molecule has 2 unspecified atom stereocenters. The number of fused-ring (bicyclic) bond motifs is 2. The maximum absolute atomic E-state index is 12.9. The highest BCUT2D eigenvalue weighted by molar-refractivity contribution is 7.89. The predicted molar refractivity (Wildman–Crippen MR) is 77.0 cm³/mol. The van der Waals surface area contributed by atoms with Crippen molar-refractivity contribution < 1.29 is 18.3 Å². The van der Waals surface area contributed by atoms with Crippen molar-refractivity contribution in [2.24, 2.45) is 5.73 Å². The molecule has 21 heavy (non-hydrogen) atoms. The summed E-state index contributed by atoms with van der Waals surface area (Å²) >= 11 is 0. The molecule has 0 saturated carbocycles. The van der Waals surface area contributed by atoms with Crippen LogP contribution in [0.4, 0.5) is 0 Å². The summed E-state index contributed by atoms with van der Waals surface area (Å²) in [5.41, 5.74) is 6.43. The van der Waals surface area contributed by atoms with Crippen molar-refractivity contribution in [2.75, 3.05) is 13.2 Å². The molecule has 2 atom stereocenters. The van der Waals surface area contributed by atoms with Gasteiger partial charge in [-0.2, -0.15) is 4.31 Å². The average molecular weight is 312 g/mol. The number of sulfonamides is 1. The molecule has 0 radical (unpaired) electrons. The minimum Gasteiger partial charge on any atom is -0.393 e. The number of rotatable bonds is 3. The molecule has 2 heterocycles. The van der Waals surface area contributed by atoms with Crippen molar-refractivity contribution in [3.05, 3.63) is 29.8 Å². The fraction of sp³-hybridized carbons (Fsp3) is 0.571. The van der Waals surface area contributed by atoms with Crippen molar-refractivity contribution in [3.63, 3.8) is 0 Å². The van der Waals surface area contributed by atoms with Crippen LogP contribution in [-0.2, 0) is 21.3 Å². The van der Waals surface area contributed by atoms with Crippen LogP contribution in [0.5, 0.6) is 0 Å². The van der Waals surface area contributed by atoms with Gasteiger partial charge in [0.15, 0.2) is 0 Å². The van der Waals surface area contributed by atoms with Crippen LogP contribution < -0.4 is 5.73 Å². The third kappa shape index (κ3) is 2.72. The van der Waals surface area contributed by atoms with Gasteiger partial charge in [0.05, 0.1) is 36.3 Å². The lowest BCUT2D eigenvalue weighted by molar-refractivity contribution is -0.0666. The van der Waals surface area contributed by atoms with Crippen LogP contribution in [0.1, 0.15) is 18.4 Å². The number of hydrogen-bond acceptors (Lipinski definition) is 5. The second-order valence-electron chi connectivity index (χ2n) is 5.65. The molecule has 1 aromatic carbocycles. The predicted octanol–water partition coefficient (Wildman–Crippen LogP) is 0.0581. The smallest absolute Gasteiger partial charge is 0.243 e. The maximum atomic E-state index is 12.9. The van der Waals surface area contributed by atoms with Crippen molar-refractivity contribution in [3.8, 4) is 0 Å². The molecule has 2 fully saturated rings. The Labute approximate surface area is 124 Å². The largest absolute Gasteiger partial charge is 0.393 e. The summed E-state index contributed by atoms with van der Waals surface area (Å²) in [4.78, 5) is 0.271. The van der Waals surface area contributed by atoms with Crippen LogP contribution in [0.2, 0.25) is 0 Å². The Kier molecular flexibility index (Phi) is 4.02. The zero-order valence-corrected chi connectivity index (χ0v) is 12.5. The standard InChI is InChI=1S/C14H20N2O4S/c15-7-10-1-3-14(4-2-10)21(18,19)16-11-5-13(17)6-12(16)9-20-8-11/h1-4,11-13,17H,5-9,15H2. The highest BCUT2D eigenvalue weighted by Gasteiger charge is 2.45. The van der Waals surface area contributed by atoms with Gasteiger partial charge in [-0.1, -0.05) is 12.1 Å². The molecule has 7 heteroatoms. The zero-order valence-electron chi connectivity index (χ0n) is 11.7. The number of nitrogens with zero attached hydrogens (tertiary/aromatic N) is 1. The first-order valence-corrected chi connectivity index (χ1v) is 8.54. The van der Waals surface area contributed by atoms with Crippen molar-refractivity contribution in [2.45, 2.75) is 42.5 Å². The van der Waals surface area contributed by atoms with E-state index in [1.807, 2.05) is 0 Å². The lowest BCUT2D eigenvalue weighted by Crippen LogP contribution is -2.59. The van der Waals surface area contributed by atoms with E-state index in [0.717, 1.165) is 5.56 Å². The van der Waals surface area contributed by atoms with Crippen molar-refractivity contribution in [1.82, 2.24) is 4.31 Å². The van der Waals surface area contributed by atoms with E-state index < -0.39 is 16.1 Å². The van der Waals surface area contributed by atoms with Crippen LogP contribution in [0.3, 0.4) is 0 Å². The Morgan fingerprint density at radius 3 is 2.29 bits per heavy atom. The first-order valence-electron chi connectivity index (χ1n) is 7.10. The number of nitrogens with two attached hydrogens (primary N) is 1. The number of hydrogen-bond donors (Lipinski definition) is 2. The molecule has 0 spiro atoms. The molecule has 1 aromatic rings. The fourth-order valence-corrected chi connectivity index (χ4v) is 4.97. The number of morpholine rings is 1. The second-order valence-corrected chi connectivity index (χ2v) is 7.50. The topological polar surface area (TPSA) is 92.9 Å². The average Bonchev–Trinajstić information content (AvgIpc) is 2.46. The van der Waals surface area contributed by atoms with Gasteiger partial charge in [0.25, 0.3) is 0 Å². The third-order valence-electron chi connectivity index (χ3n) is 4.16. The minimum absolute atomic E-state index is 0.271. The van der Waals surface area contributed by atoms with Gasteiger partial charge in [0.2, 0.25) is 10.0 Å². The quantitative estimate of drug-likeness (QED) is 0.823. The Bertz CT molecular complexity index is 588. The maximum Gasteiger partial charge on any atom is 0.243 e. The van der Waals surface area contributed by atoms with E-state index >= 15 is 0 Å². The fourth-order valence-electron chi connectivity index (χ4n) is 3.17. The van der Waals surface area contributed by atoms with Gasteiger partial charge >= 0.3 is 0 Å². The molecule has 2 bridgehead atoms. The molecule has 2 aliphatic heterocycles. The summed E-state index contributed by atoms with van der Waals surface area (Å²) in [6.07, 6.45) is 0.405. The molecule has 0 aliphatic carbocycles. The first kappa shape index (κ1) is 14.9. The molecule has 3 N–H and O–H groups in total. The zero-order chi connectivity index (χ0) is 15.0. The van der Waals surface area contributed by atoms with Crippen molar-refractivity contribution in [1.29, 1.82) is 0 Å². The second kappa shape index (κ2) is 5.66. The van der Waals surface area contributed by atoms with Crippen LogP contribution in [0.15, 0.2) is 29.2 Å². The number of benzene rings is 1. The van der Waals surface area contributed by atoms with Gasteiger partial charge in [0.1, 0.15) is 0 Å². The molecular weight excluding hydrogens is 292 g/mol. The lowest BCUT2D eigenvalue weighted by atomic mass is 9.95. The van der Waals surface area contributed by atoms with Gasteiger partial charge in [-0.25, -0.2) is 8.42 Å². The van der Waals surface area contributed by atoms with Crippen LogP contribution >= 0.6 is 0 Å². The summed E-state index contributed by atoms with van der Waals surface area (Å²) in [6, 6.07) is 6.09. The van der Waals surface area contributed by atoms with Crippen LogP contribution in [-0.4, -0.2) is 49.2 Å². The van der Waals surface area contributed by atoms with Gasteiger partial charge in [-0.05, 0) is 30.5 Å². The summed E-state index contributed by atoms with van der Waals surface area (Å²) in [7, 11) is -3.57. The van der Waals surface area contributed by atoms with Gasteiger partial charge in [-0.3, -0.25) is 0 Å². The van der Waals surface area contributed by atoms with Gasteiger partial charge in [0, 0.05) is 6.54 Å². The SMILES string of the molecule is NCc1ccc(S(=O)(=O)N2C3COCC2CC(O)C3)cc1. The molecule has 3 rings (SSSR count). The number of aliphatic hydroxyl groups is 1. The first-order chi connectivity index (χ1) is 10.0. The summed E-state index contributed by atoms with van der Waals surface area (Å²) in [6.45, 7) is 1.07. The van der Waals surface area contributed by atoms with E-state index in [2.05, 4.69) is 0 Å². The molecule has 2 aliphatic rings. The van der Waals surface area contributed by atoms with Gasteiger partial charge in [-0.15, -0.1) is 0 Å².